The van der Waals surface area contributed by atoms with Gasteiger partial charge in [-0.25, -0.2) is 4.79 Å². The van der Waals surface area contributed by atoms with E-state index in [9.17, 15) is 19.5 Å². The number of carbonyl (C=O) groups is 3. The van der Waals surface area contributed by atoms with Crippen LogP contribution in [-0.2, 0) is 14.3 Å². The van der Waals surface area contributed by atoms with E-state index in [2.05, 4.69) is 34.9 Å². The lowest BCUT2D eigenvalue weighted by Crippen LogP contribution is -2.48. The van der Waals surface area contributed by atoms with E-state index in [1.54, 1.807) is 0 Å². The summed E-state index contributed by atoms with van der Waals surface area (Å²) in [5, 5.41) is 15.0. The highest BCUT2D eigenvalue weighted by atomic mass is 16.5. The van der Waals surface area contributed by atoms with Crippen LogP contribution in [-0.4, -0.2) is 42.8 Å². The number of carboxylic acids is 1. The Kier molecular flexibility index (Phi) is 5.56. The Balaban J connectivity index is 1.07. The first kappa shape index (κ1) is 21.5. The first-order valence-electron chi connectivity index (χ1n) is 11.6. The van der Waals surface area contributed by atoms with Gasteiger partial charge in [0.05, 0.1) is 5.41 Å². The van der Waals surface area contributed by atoms with Crippen LogP contribution in [0.5, 0.6) is 0 Å². The molecule has 7 heteroatoms. The Bertz CT molecular complexity index is 1050. The molecule has 0 unspecified atom stereocenters. The molecule has 0 saturated heterocycles. The molecule has 0 heterocycles. The number of hydrogen-bond acceptors (Lipinski definition) is 4. The maximum atomic E-state index is 12.4. The first-order chi connectivity index (χ1) is 16.0. The topological polar surface area (TPSA) is 105 Å². The van der Waals surface area contributed by atoms with E-state index in [1.165, 1.54) is 11.1 Å². The van der Waals surface area contributed by atoms with Gasteiger partial charge in [-0.05, 0) is 47.4 Å². The number of fused-ring (bicyclic) bond motifs is 3. The van der Waals surface area contributed by atoms with Crippen LogP contribution < -0.4 is 10.6 Å². The lowest BCUT2D eigenvalue weighted by molar-refractivity contribution is -0.154. The van der Waals surface area contributed by atoms with Gasteiger partial charge >= 0.3 is 12.1 Å². The SMILES string of the molecule is O=C(NC[C@@H]1C[C@@H]1C(=O)NCC1(C(=O)O)CCC1)OCC1c2ccccc2-c2ccccc21. The summed E-state index contributed by atoms with van der Waals surface area (Å²) in [5.74, 6) is -1.06. The molecule has 2 saturated carbocycles. The van der Waals surface area contributed by atoms with Gasteiger partial charge in [-0.2, -0.15) is 0 Å². The van der Waals surface area contributed by atoms with Gasteiger partial charge in [0.15, 0.2) is 0 Å². The predicted molar refractivity (Wildman–Crippen MR) is 122 cm³/mol. The zero-order valence-electron chi connectivity index (χ0n) is 18.4. The van der Waals surface area contributed by atoms with Crippen molar-refractivity contribution in [3.8, 4) is 11.1 Å². The lowest BCUT2D eigenvalue weighted by atomic mass is 9.69. The smallest absolute Gasteiger partial charge is 0.407 e. The molecule has 33 heavy (non-hydrogen) atoms. The minimum Gasteiger partial charge on any atom is -0.481 e. The van der Waals surface area contributed by atoms with Crippen LogP contribution >= 0.6 is 0 Å². The van der Waals surface area contributed by atoms with Gasteiger partial charge in [0.2, 0.25) is 5.91 Å². The fourth-order valence-corrected chi connectivity index (χ4v) is 5.12. The summed E-state index contributed by atoms with van der Waals surface area (Å²) >= 11 is 0. The van der Waals surface area contributed by atoms with Crippen molar-refractivity contribution in [2.75, 3.05) is 19.7 Å². The zero-order chi connectivity index (χ0) is 23.0. The predicted octanol–water partition coefficient (Wildman–Crippen LogP) is 3.53. The highest BCUT2D eigenvalue weighted by molar-refractivity contribution is 5.83. The van der Waals surface area contributed by atoms with Crippen molar-refractivity contribution < 1.29 is 24.2 Å². The minimum atomic E-state index is -0.835. The molecule has 0 aromatic heterocycles. The van der Waals surface area contributed by atoms with Gasteiger partial charge in [0.1, 0.15) is 6.61 Å². The highest BCUT2D eigenvalue weighted by Gasteiger charge is 2.47. The molecular weight excluding hydrogens is 420 g/mol. The van der Waals surface area contributed by atoms with E-state index < -0.39 is 17.5 Å². The average molecular weight is 449 g/mol. The highest BCUT2D eigenvalue weighted by Crippen LogP contribution is 2.45. The lowest BCUT2D eigenvalue weighted by Gasteiger charge is -2.37. The Labute approximate surface area is 192 Å². The van der Waals surface area contributed by atoms with E-state index in [0.29, 0.717) is 25.8 Å². The van der Waals surface area contributed by atoms with Crippen LogP contribution in [0.1, 0.15) is 42.7 Å². The van der Waals surface area contributed by atoms with Gasteiger partial charge < -0.3 is 20.5 Å². The zero-order valence-corrected chi connectivity index (χ0v) is 18.4. The molecule has 3 N–H and O–H groups in total. The van der Waals surface area contributed by atoms with E-state index in [1.807, 2.05) is 24.3 Å². The van der Waals surface area contributed by atoms with Gasteiger partial charge in [0, 0.05) is 24.9 Å². The monoisotopic (exact) mass is 448 g/mol. The van der Waals surface area contributed by atoms with Gasteiger partial charge in [-0.1, -0.05) is 55.0 Å². The van der Waals surface area contributed by atoms with Gasteiger partial charge in [-0.15, -0.1) is 0 Å². The van der Waals surface area contributed by atoms with Crippen molar-refractivity contribution in [3.05, 3.63) is 59.7 Å². The fourth-order valence-electron chi connectivity index (χ4n) is 5.12. The third kappa shape index (κ3) is 4.08. The summed E-state index contributed by atoms with van der Waals surface area (Å²) in [7, 11) is 0. The summed E-state index contributed by atoms with van der Waals surface area (Å²) in [6.45, 7) is 0.814. The fraction of sp³-hybridized carbons (Fsp3) is 0.423. The average Bonchev–Trinajstić information content (AvgIpc) is 3.50. The number of amides is 2. The van der Waals surface area contributed by atoms with E-state index in [0.717, 1.165) is 17.5 Å². The van der Waals surface area contributed by atoms with E-state index >= 15 is 0 Å². The summed E-state index contributed by atoms with van der Waals surface area (Å²) in [4.78, 5) is 36.1. The second-order valence-corrected chi connectivity index (χ2v) is 9.47. The van der Waals surface area contributed by atoms with E-state index in [-0.39, 0.29) is 36.8 Å². The molecule has 0 spiro atoms. The van der Waals surface area contributed by atoms with Crippen molar-refractivity contribution in [1.29, 1.82) is 0 Å². The molecule has 0 bridgehead atoms. The normalized spacial score (nSPS) is 21.8. The minimum absolute atomic E-state index is 0.00987. The number of nitrogens with one attached hydrogen (secondary N) is 2. The van der Waals surface area contributed by atoms with Crippen LogP contribution in [0, 0.1) is 17.3 Å². The first-order valence-corrected chi connectivity index (χ1v) is 11.6. The maximum absolute atomic E-state index is 12.4. The number of carbonyl (C=O) groups excluding carboxylic acids is 2. The molecule has 7 nitrogen and oxygen atoms in total. The number of hydrogen-bond donors (Lipinski definition) is 3. The molecule has 3 aliphatic rings. The summed E-state index contributed by atoms with van der Waals surface area (Å²) in [6, 6.07) is 16.4. The van der Waals surface area contributed by atoms with Crippen molar-refractivity contribution in [2.45, 2.75) is 31.6 Å². The standard InChI is InChI=1S/C26H28N2O5/c29-23(28-15-26(24(30)31)10-5-11-26)21-12-16(21)13-27-25(32)33-14-22-19-8-3-1-6-17(19)18-7-2-4-9-20(18)22/h1-4,6-9,16,21-22H,5,10-15H2,(H,27,32)(H,28,29)(H,30,31)/t16-,21-/m0/s1. The molecule has 0 radical (unpaired) electrons. The Morgan fingerprint density at radius 3 is 2.18 bits per heavy atom. The Morgan fingerprint density at radius 2 is 1.61 bits per heavy atom. The van der Waals surface area contributed by atoms with Gasteiger partial charge in [0.25, 0.3) is 0 Å². The second-order valence-electron chi connectivity index (χ2n) is 9.47. The molecule has 2 amide bonds. The third-order valence-corrected chi connectivity index (χ3v) is 7.48. The van der Waals surface area contributed by atoms with Crippen molar-refractivity contribution in [3.63, 3.8) is 0 Å². The molecular formula is C26H28N2O5. The van der Waals surface area contributed by atoms with Crippen LogP contribution in [0.4, 0.5) is 4.79 Å². The Hall–Kier alpha value is -3.35. The van der Waals surface area contributed by atoms with Crippen molar-refractivity contribution in [1.82, 2.24) is 10.6 Å². The number of carboxylic acid groups (broad SMARTS) is 1. The van der Waals surface area contributed by atoms with Gasteiger partial charge in [-0.3, -0.25) is 9.59 Å². The van der Waals surface area contributed by atoms with E-state index in [4.69, 9.17) is 4.74 Å². The summed E-state index contributed by atoms with van der Waals surface area (Å²) in [5.41, 5.74) is 3.90. The molecule has 0 aliphatic heterocycles. The second kappa shape index (κ2) is 8.54. The molecule has 3 aliphatic carbocycles. The molecule has 172 valence electrons. The number of ether oxygens (including phenoxy) is 1. The van der Waals surface area contributed by atoms with Crippen LogP contribution in [0.2, 0.25) is 0 Å². The molecule has 2 atom stereocenters. The number of aliphatic carboxylic acids is 1. The number of rotatable bonds is 8. The molecule has 2 aromatic rings. The molecule has 2 fully saturated rings. The van der Waals surface area contributed by atoms with Crippen molar-refractivity contribution >= 4 is 18.0 Å². The van der Waals surface area contributed by atoms with Crippen molar-refractivity contribution in [2.24, 2.45) is 17.3 Å². The van der Waals surface area contributed by atoms with Crippen LogP contribution in [0.25, 0.3) is 11.1 Å². The largest absolute Gasteiger partial charge is 0.481 e. The number of benzene rings is 2. The summed E-state index contributed by atoms with van der Waals surface area (Å²) < 4.78 is 5.54. The Morgan fingerprint density at radius 1 is 0.970 bits per heavy atom. The summed E-state index contributed by atoms with van der Waals surface area (Å²) in [6.07, 6.45) is 2.32. The number of alkyl carbamates (subject to hydrolysis) is 1. The molecule has 2 aromatic carbocycles. The van der Waals surface area contributed by atoms with Crippen LogP contribution in [0.3, 0.4) is 0 Å². The van der Waals surface area contributed by atoms with Crippen LogP contribution in [0.15, 0.2) is 48.5 Å². The third-order valence-electron chi connectivity index (χ3n) is 7.48. The maximum Gasteiger partial charge on any atom is 0.407 e. The quantitative estimate of drug-likeness (QED) is 0.573. The molecule has 5 rings (SSSR count).